The van der Waals surface area contributed by atoms with Crippen molar-refractivity contribution >= 4 is 11.6 Å². The molecule has 0 bridgehead atoms. The molecule has 0 aliphatic heterocycles. The Morgan fingerprint density at radius 3 is 2.39 bits per heavy atom. The number of amides is 1. The first-order valence-corrected chi connectivity index (χ1v) is 6.32. The fraction of sp³-hybridized carbons (Fsp3) is 0. The van der Waals surface area contributed by atoms with Gasteiger partial charge in [0.2, 0.25) is 0 Å². The zero-order chi connectivity index (χ0) is 16.4. The summed E-state index contributed by atoms with van der Waals surface area (Å²) >= 11 is 0. The van der Waals surface area contributed by atoms with Crippen LogP contribution in [0.4, 0.5) is 18.9 Å². The Bertz CT molecular complexity index is 850. The van der Waals surface area contributed by atoms with Crippen molar-refractivity contribution in [1.82, 2.24) is 19.7 Å². The minimum absolute atomic E-state index is 0.260. The minimum atomic E-state index is -1.70. The lowest BCUT2D eigenvalue weighted by atomic mass is 10.2. The van der Waals surface area contributed by atoms with E-state index in [1.54, 1.807) is 10.6 Å². The molecular formula is C14H8F3N5O. The molecule has 0 unspecified atom stereocenters. The summed E-state index contributed by atoms with van der Waals surface area (Å²) in [6.45, 7) is 0. The van der Waals surface area contributed by atoms with Gasteiger partial charge in [0.1, 0.15) is 18.5 Å². The molecule has 23 heavy (non-hydrogen) atoms. The monoisotopic (exact) mass is 319 g/mol. The van der Waals surface area contributed by atoms with Crippen molar-refractivity contribution in [1.29, 1.82) is 0 Å². The van der Waals surface area contributed by atoms with E-state index in [9.17, 15) is 18.0 Å². The quantitative estimate of drug-likeness (QED) is 0.752. The number of hydrogen-bond donors (Lipinski definition) is 1. The number of hydrogen-bond acceptors (Lipinski definition) is 4. The molecular weight excluding hydrogens is 311 g/mol. The van der Waals surface area contributed by atoms with Gasteiger partial charge in [-0.15, -0.1) is 10.2 Å². The molecule has 3 aromatic rings. The summed E-state index contributed by atoms with van der Waals surface area (Å²) in [7, 11) is 0. The molecule has 0 saturated heterocycles. The molecule has 0 fully saturated rings. The Balaban J connectivity index is 1.79. The second kappa shape index (κ2) is 5.87. The summed E-state index contributed by atoms with van der Waals surface area (Å²) < 4.78 is 41.1. The first kappa shape index (κ1) is 14.7. The number of nitrogens with one attached hydrogen (secondary N) is 1. The van der Waals surface area contributed by atoms with Crippen LogP contribution in [-0.4, -0.2) is 25.7 Å². The maximum atomic E-state index is 13.6. The average molecular weight is 319 g/mol. The highest BCUT2D eigenvalue weighted by molar-refractivity contribution is 6.04. The van der Waals surface area contributed by atoms with Crippen LogP contribution >= 0.6 is 0 Å². The van der Waals surface area contributed by atoms with Crippen molar-refractivity contribution in [3.8, 4) is 5.82 Å². The number of carbonyl (C=O) groups excluding carboxylic acids is 1. The molecule has 1 N–H and O–H groups in total. The topological polar surface area (TPSA) is 72.7 Å². The van der Waals surface area contributed by atoms with Crippen LogP contribution in [0.2, 0.25) is 0 Å². The molecule has 0 radical (unpaired) electrons. The smallest absolute Gasteiger partial charge is 0.258 e. The van der Waals surface area contributed by atoms with Crippen LogP contribution in [0.25, 0.3) is 5.82 Å². The van der Waals surface area contributed by atoms with Crippen molar-refractivity contribution in [2.75, 3.05) is 5.32 Å². The third-order valence-corrected chi connectivity index (χ3v) is 2.97. The molecule has 1 aromatic carbocycles. The minimum Gasteiger partial charge on any atom is -0.320 e. The second-order valence-electron chi connectivity index (χ2n) is 4.45. The predicted octanol–water partition coefficient (Wildman–Crippen LogP) is 2.33. The fourth-order valence-electron chi connectivity index (χ4n) is 1.83. The van der Waals surface area contributed by atoms with Crippen LogP contribution in [-0.2, 0) is 0 Å². The van der Waals surface area contributed by atoms with Crippen LogP contribution in [0, 0.1) is 17.5 Å². The number of benzene rings is 1. The third-order valence-electron chi connectivity index (χ3n) is 2.97. The van der Waals surface area contributed by atoms with Gasteiger partial charge < -0.3 is 5.32 Å². The van der Waals surface area contributed by atoms with Crippen LogP contribution in [0.3, 0.4) is 0 Å². The number of nitrogens with zero attached hydrogens (tertiary/aromatic N) is 4. The average Bonchev–Trinajstić information content (AvgIpc) is 3.08. The van der Waals surface area contributed by atoms with E-state index in [4.69, 9.17) is 0 Å². The third kappa shape index (κ3) is 2.89. The van der Waals surface area contributed by atoms with E-state index in [0.29, 0.717) is 11.9 Å². The molecule has 1 amide bonds. The van der Waals surface area contributed by atoms with Crippen molar-refractivity contribution in [3.63, 3.8) is 0 Å². The van der Waals surface area contributed by atoms with E-state index >= 15 is 0 Å². The highest BCUT2D eigenvalue weighted by Crippen LogP contribution is 2.17. The van der Waals surface area contributed by atoms with Gasteiger partial charge in [0.25, 0.3) is 5.91 Å². The fourth-order valence-corrected chi connectivity index (χ4v) is 1.83. The molecule has 0 atom stereocenters. The lowest BCUT2D eigenvalue weighted by Crippen LogP contribution is -2.15. The predicted molar refractivity (Wildman–Crippen MR) is 73.4 cm³/mol. The lowest BCUT2D eigenvalue weighted by Gasteiger charge is -2.07. The maximum absolute atomic E-state index is 13.6. The Kier molecular flexibility index (Phi) is 3.75. The summed E-state index contributed by atoms with van der Waals surface area (Å²) in [5, 5.41) is 9.61. The van der Waals surface area contributed by atoms with Crippen molar-refractivity contribution in [3.05, 3.63) is 66.1 Å². The van der Waals surface area contributed by atoms with Gasteiger partial charge in [-0.25, -0.2) is 18.2 Å². The Hall–Kier alpha value is -3.23. The van der Waals surface area contributed by atoms with Gasteiger partial charge in [0, 0.05) is 0 Å². The van der Waals surface area contributed by atoms with Gasteiger partial charge in [-0.3, -0.25) is 9.36 Å². The second-order valence-corrected chi connectivity index (χ2v) is 4.45. The summed E-state index contributed by atoms with van der Waals surface area (Å²) in [6, 6.07) is 4.63. The van der Waals surface area contributed by atoms with E-state index in [-0.39, 0.29) is 5.69 Å². The molecule has 0 spiro atoms. The maximum Gasteiger partial charge on any atom is 0.258 e. The van der Waals surface area contributed by atoms with Gasteiger partial charge in [-0.2, -0.15) is 0 Å². The number of rotatable bonds is 3. The van der Waals surface area contributed by atoms with Gasteiger partial charge in [-0.05, 0) is 24.3 Å². The highest BCUT2D eigenvalue weighted by atomic mass is 19.2. The van der Waals surface area contributed by atoms with Crippen molar-refractivity contribution in [2.24, 2.45) is 0 Å². The summed E-state index contributed by atoms with van der Waals surface area (Å²) in [6.07, 6.45) is 4.21. The molecule has 116 valence electrons. The zero-order valence-electron chi connectivity index (χ0n) is 11.4. The largest absolute Gasteiger partial charge is 0.320 e. The molecule has 0 aliphatic carbocycles. The first-order valence-electron chi connectivity index (χ1n) is 6.32. The van der Waals surface area contributed by atoms with Crippen molar-refractivity contribution in [2.45, 2.75) is 0 Å². The number of halogens is 3. The van der Waals surface area contributed by atoms with Crippen molar-refractivity contribution < 1.29 is 18.0 Å². The Labute approximate surface area is 127 Å². The Morgan fingerprint density at radius 2 is 1.74 bits per heavy atom. The van der Waals surface area contributed by atoms with Gasteiger partial charge >= 0.3 is 0 Å². The number of pyridine rings is 1. The molecule has 2 heterocycles. The van der Waals surface area contributed by atoms with Crippen LogP contribution in [0.1, 0.15) is 10.4 Å². The van der Waals surface area contributed by atoms with Crippen LogP contribution < -0.4 is 5.32 Å². The SMILES string of the molecule is O=C(Nc1ccc(-n2cnnc2)nc1)c1ccc(F)c(F)c1F. The molecule has 9 heteroatoms. The molecule has 0 aliphatic rings. The highest BCUT2D eigenvalue weighted by Gasteiger charge is 2.18. The van der Waals surface area contributed by atoms with Crippen LogP contribution in [0.5, 0.6) is 0 Å². The van der Waals surface area contributed by atoms with E-state index < -0.39 is 28.9 Å². The van der Waals surface area contributed by atoms with Crippen LogP contribution in [0.15, 0.2) is 43.1 Å². The summed E-state index contributed by atoms with van der Waals surface area (Å²) in [5.41, 5.74) is -0.345. The van der Waals surface area contributed by atoms with Gasteiger partial charge in [0.05, 0.1) is 17.4 Å². The van der Waals surface area contributed by atoms with E-state index in [1.807, 2.05) is 0 Å². The molecule has 3 rings (SSSR count). The van der Waals surface area contributed by atoms with E-state index in [2.05, 4.69) is 20.5 Å². The number of carbonyl (C=O) groups is 1. The Morgan fingerprint density at radius 1 is 1.00 bits per heavy atom. The zero-order valence-corrected chi connectivity index (χ0v) is 11.4. The number of anilines is 1. The molecule has 0 saturated carbocycles. The van der Waals surface area contributed by atoms with Gasteiger partial charge in [-0.1, -0.05) is 0 Å². The molecule has 2 aromatic heterocycles. The standard InChI is InChI=1S/C14H8F3N5O/c15-10-3-2-9(12(16)13(10)17)14(23)21-8-1-4-11(18-5-8)22-6-19-20-7-22/h1-7H,(H,21,23). The first-order chi connectivity index (χ1) is 11.1. The van der Waals surface area contributed by atoms with Gasteiger partial charge in [0.15, 0.2) is 17.5 Å². The lowest BCUT2D eigenvalue weighted by molar-refractivity contribution is 0.102. The van der Waals surface area contributed by atoms with E-state index in [0.717, 1.165) is 6.07 Å². The number of aromatic nitrogens is 4. The molecule has 6 nitrogen and oxygen atoms in total. The summed E-state index contributed by atoms with van der Waals surface area (Å²) in [5.74, 6) is -5.01. The normalized spacial score (nSPS) is 10.6. The summed E-state index contributed by atoms with van der Waals surface area (Å²) in [4.78, 5) is 16.0. The van der Waals surface area contributed by atoms with E-state index in [1.165, 1.54) is 24.9 Å².